The molecule has 2 aromatic rings. The van der Waals surface area contributed by atoms with Crippen LogP contribution in [-0.4, -0.2) is 33.5 Å². The molecule has 2 N–H and O–H groups in total. The highest BCUT2D eigenvalue weighted by Crippen LogP contribution is 2.15. The summed E-state index contributed by atoms with van der Waals surface area (Å²) < 4.78 is 0. The highest BCUT2D eigenvalue weighted by molar-refractivity contribution is 5.91. The van der Waals surface area contributed by atoms with Crippen molar-refractivity contribution in [2.24, 2.45) is 0 Å². The number of nitrogens with one attached hydrogen (secondary N) is 2. The van der Waals surface area contributed by atoms with Gasteiger partial charge in [-0.2, -0.15) is 15.0 Å². The van der Waals surface area contributed by atoms with Crippen molar-refractivity contribution in [3.63, 3.8) is 0 Å². The molecule has 1 aromatic heterocycles. The maximum atomic E-state index is 12.0. The van der Waals surface area contributed by atoms with Gasteiger partial charge in [0.2, 0.25) is 5.91 Å². The lowest BCUT2D eigenvalue weighted by molar-refractivity contribution is -0.116. The molecule has 1 aliphatic rings. The molecule has 0 radical (unpaired) electrons. The van der Waals surface area contributed by atoms with E-state index in [0.717, 1.165) is 30.8 Å². The maximum absolute atomic E-state index is 12.0. The van der Waals surface area contributed by atoms with Gasteiger partial charge >= 0.3 is 0 Å². The fourth-order valence-electron chi connectivity index (χ4n) is 2.42. The maximum Gasteiger partial charge on any atom is 0.225 e. The van der Waals surface area contributed by atoms with Crippen LogP contribution in [0.4, 0.5) is 5.69 Å². The molecule has 1 atom stereocenters. The lowest BCUT2D eigenvalue weighted by atomic mass is 10.1. The monoisotopic (exact) mass is 271 g/mol. The Bertz CT molecular complexity index is 575. The number of rotatable bonds is 4. The van der Waals surface area contributed by atoms with Crippen molar-refractivity contribution in [3.05, 3.63) is 36.7 Å². The minimum Gasteiger partial charge on any atom is -0.326 e. The van der Waals surface area contributed by atoms with Crippen molar-refractivity contribution in [1.29, 1.82) is 0 Å². The summed E-state index contributed by atoms with van der Waals surface area (Å²) in [5.74, 6) is 0.0370. The summed E-state index contributed by atoms with van der Waals surface area (Å²) in [6, 6.07) is 7.81. The van der Waals surface area contributed by atoms with Gasteiger partial charge in [0, 0.05) is 18.2 Å². The van der Waals surface area contributed by atoms with Gasteiger partial charge in [-0.3, -0.25) is 4.79 Å². The average molecular weight is 271 g/mol. The molecule has 1 amide bonds. The Morgan fingerprint density at radius 3 is 3.00 bits per heavy atom. The first-order chi connectivity index (χ1) is 9.81. The molecule has 1 aromatic carbocycles. The van der Waals surface area contributed by atoms with Crippen molar-refractivity contribution in [2.75, 3.05) is 11.9 Å². The zero-order valence-electron chi connectivity index (χ0n) is 11.1. The predicted molar refractivity (Wildman–Crippen MR) is 75.6 cm³/mol. The lowest BCUT2D eigenvalue weighted by Crippen LogP contribution is -2.27. The van der Waals surface area contributed by atoms with E-state index in [9.17, 15) is 4.79 Å². The quantitative estimate of drug-likeness (QED) is 0.880. The SMILES string of the molecule is O=C(C[C@H]1CCCN1)Nc1cccc(-n2nccn2)c1. The molecule has 0 aliphatic carbocycles. The Kier molecular flexibility index (Phi) is 3.73. The molecular formula is C14H17N5O. The first kappa shape index (κ1) is 12.8. The number of carbonyl (C=O) groups excluding carboxylic acids is 1. The van der Waals surface area contributed by atoms with E-state index >= 15 is 0 Å². The van der Waals surface area contributed by atoms with Gasteiger partial charge < -0.3 is 10.6 Å². The number of hydrogen-bond acceptors (Lipinski definition) is 4. The highest BCUT2D eigenvalue weighted by Gasteiger charge is 2.17. The molecule has 1 aliphatic heterocycles. The largest absolute Gasteiger partial charge is 0.326 e. The van der Waals surface area contributed by atoms with Crippen LogP contribution in [-0.2, 0) is 4.79 Å². The van der Waals surface area contributed by atoms with Crippen molar-refractivity contribution in [3.8, 4) is 5.69 Å². The first-order valence-corrected chi connectivity index (χ1v) is 6.81. The Labute approximate surface area is 117 Å². The number of hydrogen-bond donors (Lipinski definition) is 2. The van der Waals surface area contributed by atoms with E-state index < -0.39 is 0 Å². The summed E-state index contributed by atoms with van der Waals surface area (Å²) in [4.78, 5) is 13.5. The van der Waals surface area contributed by atoms with E-state index in [1.807, 2.05) is 24.3 Å². The second-order valence-electron chi connectivity index (χ2n) is 4.91. The predicted octanol–water partition coefficient (Wildman–Crippen LogP) is 1.35. The number of amides is 1. The first-order valence-electron chi connectivity index (χ1n) is 6.81. The van der Waals surface area contributed by atoms with Gasteiger partial charge in [-0.1, -0.05) is 6.07 Å². The van der Waals surface area contributed by atoms with Crippen LogP contribution in [0.15, 0.2) is 36.7 Å². The molecule has 0 spiro atoms. The molecule has 1 saturated heterocycles. The summed E-state index contributed by atoms with van der Waals surface area (Å²) in [6.45, 7) is 1.01. The van der Waals surface area contributed by atoms with Crippen LogP contribution in [0.2, 0.25) is 0 Å². The van der Waals surface area contributed by atoms with Gasteiger partial charge in [0.1, 0.15) is 0 Å². The van der Waals surface area contributed by atoms with E-state index in [4.69, 9.17) is 0 Å². The van der Waals surface area contributed by atoms with Crippen LogP contribution in [0, 0.1) is 0 Å². The number of benzene rings is 1. The van der Waals surface area contributed by atoms with Crippen LogP contribution >= 0.6 is 0 Å². The molecule has 1 fully saturated rings. The fraction of sp³-hybridized carbons (Fsp3) is 0.357. The molecule has 20 heavy (non-hydrogen) atoms. The molecular weight excluding hydrogens is 254 g/mol. The van der Waals surface area contributed by atoms with Gasteiger partial charge in [-0.05, 0) is 37.6 Å². The topological polar surface area (TPSA) is 71.8 Å². The van der Waals surface area contributed by atoms with Crippen molar-refractivity contribution in [1.82, 2.24) is 20.3 Å². The standard InChI is InChI=1S/C14H17N5O/c20-14(10-11-4-2-6-15-11)18-12-3-1-5-13(9-12)19-16-7-8-17-19/h1,3,5,7-9,11,15H,2,4,6,10H2,(H,18,20)/t11-/m1/s1. The average Bonchev–Trinajstić information content (AvgIpc) is 3.11. The fourth-order valence-corrected chi connectivity index (χ4v) is 2.42. The molecule has 3 rings (SSSR count). The summed E-state index contributed by atoms with van der Waals surface area (Å²) in [5, 5.41) is 14.4. The van der Waals surface area contributed by atoms with Gasteiger partial charge in [0.15, 0.2) is 0 Å². The third-order valence-electron chi connectivity index (χ3n) is 3.37. The Morgan fingerprint density at radius 2 is 2.25 bits per heavy atom. The molecule has 0 bridgehead atoms. The Balaban J connectivity index is 1.65. The lowest BCUT2D eigenvalue weighted by Gasteiger charge is -2.11. The van der Waals surface area contributed by atoms with E-state index in [0.29, 0.717) is 12.5 Å². The number of nitrogens with zero attached hydrogens (tertiary/aromatic N) is 3. The molecule has 2 heterocycles. The summed E-state index contributed by atoms with van der Waals surface area (Å²) in [5.41, 5.74) is 1.59. The normalized spacial score (nSPS) is 18.1. The van der Waals surface area contributed by atoms with Crippen LogP contribution in [0.25, 0.3) is 5.69 Å². The second-order valence-corrected chi connectivity index (χ2v) is 4.91. The minimum absolute atomic E-state index is 0.0370. The number of aromatic nitrogens is 3. The summed E-state index contributed by atoms with van der Waals surface area (Å²) in [6.07, 6.45) is 5.99. The van der Waals surface area contributed by atoms with Gasteiger partial charge in [0.05, 0.1) is 18.1 Å². The van der Waals surface area contributed by atoms with Crippen molar-refractivity contribution in [2.45, 2.75) is 25.3 Å². The third kappa shape index (κ3) is 3.03. The van der Waals surface area contributed by atoms with E-state index in [1.54, 1.807) is 12.4 Å². The van der Waals surface area contributed by atoms with Gasteiger partial charge in [-0.15, -0.1) is 0 Å². The van der Waals surface area contributed by atoms with E-state index in [2.05, 4.69) is 20.8 Å². The smallest absolute Gasteiger partial charge is 0.225 e. The van der Waals surface area contributed by atoms with Crippen molar-refractivity contribution < 1.29 is 4.79 Å². The van der Waals surface area contributed by atoms with Crippen LogP contribution in [0.1, 0.15) is 19.3 Å². The Hall–Kier alpha value is -2.21. The van der Waals surface area contributed by atoms with Crippen LogP contribution in [0.3, 0.4) is 0 Å². The van der Waals surface area contributed by atoms with Gasteiger partial charge in [0.25, 0.3) is 0 Å². The minimum atomic E-state index is 0.0370. The third-order valence-corrected chi connectivity index (χ3v) is 3.37. The van der Waals surface area contributed by atoms with Crippen LogP contribution in [0.5, 0.6) is 0 Å². The number of anilines is 1. The number of carbonyl (C=O) groups is 1. The highest BCUT2D eigenvalue weighted by atomic mass is 16.1. The van der Waals surface area contributed by atoms with E-state index in [-0.39, 0.29) is 5.91 Å². The van der Waals surface area contributed by atoms with E-state index in [1.165, 1.54) is 4.80 Å². The summed E-state index contributed by atoms with van der Waals surface area (Å²) in [7, 11) is 0. The van der Waals surface area contributed by atoms with Crippen LogP contribution < -0.4 is 10.6 Å². The molecule has 6 heteroatoms. The molecule has 6 nitrogen and oxygen atoms in total. The zero-order valence-corrected chi connectivity index (χ0v) is 11.1. The summed E-state index contributed by atoms with van der Waals surface area (Å²) >= 11 is 0. The second kappa shape index (κ2) is 5.83. The van der Waals surface area contributed by atoms with Crippen molar-refractivity contribution >= 4 is 11.6 Å². The van der Waals surface area contributed by atoms with Gasteiger partial charge in [-0.25, -0.2) is 0 Å². The molecule has 104 valence electrons. The zero-order chi connectivity index (χ0) is 13.8. The molecule has 0 saturated carbocycles. The molecule has 0 unspecified atom stereocenters. The Morgan fingerprint density at radius 1 is 1.40 bits per heavy atom.